The standard InChI is InChI=1S/C34H49N7O7S/c1-21-28-26(17-25(37-21)23-9-11-38(12-10-23)24-18-40(19-24)31(42)47-33(3,4)5)41(32(43)48-34(6,7)8)30-27(22(2)46-28)29(35-20-36-30)39-13-15-49(44,45)16-14-39/h17,20,22-24H,9-16,18-19H2,1-8H3. The Balaban J connectivity index is 1.27. The van der Waals surface area contributed by atoms with Crippen molar-refractivity contribution in [2.45, 2.75) is 97.5 Å². The maximum absolute atomic E-state index is 14.1. The van der Waals surface area contributed by atoms with Crippen LogP contribution in [0.2, 0.25) is 0 Å². The van der Waals surface area contributed by atoms with Crippen molar-refractivity contribution in [3.63, 3.8) is 0 Å². The summed E-state index contributed by atoms with van der Waals surface area (Å²) in [5, 5.41) is 0. The van der Waals surface area contributed by atoms with Crippen molar-refractivity contribution in [3.8, 4) is 5.75 Å². The normalized spacial score (nSPS) is 22.0. The molecular formula is C34H49N7O7S. The van der Waals surface area contributed by atoms with Gasteiger partial charge in [-0.2, -0.15) is 0 Å². The van der Waals surface area contributed by atoms with Crippen LogP contribution in [-0.4, -0.2) is 113 Å². The van der Waals surface area contributed by atoms with Crippen molar-refractivity contribution in [2.75, 3.05) is 60.6 Å². The van der Waals surface area contributed by atoms with Gasteiger partial charge in [-0.05, 0) is 87.4 Å². The lowest BCUT2D eigenvalue weighted by Gasteiger charge is -2.47. The van der Waals surface area contributed by atoms with Gasteiger partial charge in [0, 0.05) is 43.8 Å². The number of rotatable bonds is 3. The van der Waals surface area contributed by atoms with Gasteiger partial charge in [0.1, 0.15) is 29.5 Å². The molecule has 0 radical (unpaired) electrons. The molecule has 268 valence electrons. The smallest absolute Gasteiger partial charge is 0.420 e. The number of pyridine rings is 1. The zero-order valence-electron chi connectivity index (χ0n) is 29.9. The van der Waals surface area contributed by atoms with Crippen LogP contribution >= 0.6 is 0 Å². The van der Waals surface area contributed by atoms with Gasteiger partial charge in [-0.3, -0.25) is 9.88 Å². The summed E-state index contributed by atoms with van der Waals surface area (Å²) in [4.78, 5) is 48.4. The second kappa shape index (κ2) is 12.9. The van der Waals surface area contributed by atoms with Crippen LogP contribution in [0.4, 0.5) is 26.9 Å². The van der Waals surface area contributed by atoms with E-state index in [1.165, 1.54) is 11.2 Å². The number of likely N-dealkylation sites (tertiary alicyclic amines) is 2. The number of piperidine rings is 1. The number of carbonyl (C=O) groups is 2. The predicted molar refractivity (Wildman–Crippen MR) is 184 cm³/mol. The number of aromatic nitrogens is 3. The Hall–Kier alpha value is -3.72. The highest BCUT2D eigenvalue weighted by atomic mass is 32.2. The van der Waals surface area contributed by atoms with Crippen LogP contribution in [0.3, 0.4) is 0 Å². The number of ether oxygens (including phenoxy) is 3. The Kier molecular flexibility index (Phi) is 9.22. The molecule has 3 fully saturated rings. The zero-order chi connectivity index (χ0) is 35.5. The van der Waals surface area contributed by atoms with E-state index in [1.54, 1.807) is 4.90 Å². The quantitative estimate of drug-likeness (QED) is 0.436. The topological polar surface area (TPSA) is 148 Å². The number of fused-ring (bicyclic) bond motifs is 2. The van der Waals surface area contributed by atoms with Crippen LogP contribution in [0.25, 0.3) is 0 Å². The largest absolute Gasteiger partial charge is 0.482 e. The van der Waals surface area contributed by atoms with E-state index >= 15 is 0 Å². The molecule has 2 aromatic rings. The van der Waals surface area contributed by atoms with E-state index in [1.807, 2.05) is 66.4 Å². The number of aryl methyl sites for hydroxylation is 1. The molecule has 6 rings (SSSR count). The van der Waals surface area contributed by atoms with E-state index in [0.717, 1.165) is 31.6 Å². The summed E-state index contributed by atoms with van der Waals surface area (Å²) in [5.41, 5.74) is 1.29. The highest BCUT2D eigenvalue weighted by Crippen LogP contribution is 2.48. The third kappa shape index (κ3) is 7.57. The molecule has 0 saturated carbocycles. The Morgan fingerprint density at radius 2 is 1.49 bits per heavy atom. The summed E-state index contributed by atoms with van der Waals surface area (Å²) in [6, 6.07) is 2.23. The van der Waals surface area contributed by atoms with Crippen molar-refractivity contribution < 1.29 is 32.2 Å². The first-order valence-electron chi connectivity index (χ1n) is 17.1. The number of amides is 2. The summed E-state index contributed by atoms with van der Waals surface area (Å²) in [7, 11) is -3.13. The fourth-order valence-corrected chi connectivity index (χ4v) is 8.05. The maximum atomic E-state index is 14.1. The van der Waals surface area contributed by atoms with Crippen LogP contribution < -0.4 is 14.5 Å². The van der Waals surface area contributed by atoms with Crippen molar-refractivity contribution in [2.24, 2.45) is 0 Å². The summed E-state index contributed by atoms with van der Waals surface area (Å²) in [6.07, 6.45) is 1.70. The lowest BCUT2D eigenvalue weighted by Crippen LogP contribution is -2.62. The molecule has 49 heavy (non-hydrogen) atoms. The monoisotopic (exact) mass is 699 g/mol. The molecular weight excluding hydrogens is 650 g/mol. The number of hydrogen-bond donors (Lipinski definition) is 0. The average molecular weight is 700 g/mol. The minimum atomic E-state index is -3.13. The third-order valence-corrected chi connectivity index (χ3v) is 10.9. The van der Waals surface area contributed by atoms with Crippen LogP contribution in [0.15, 0.2) is 12.4 Å². The fourth-order valence-electron chi connectivity index (χ4n) is 6.85. The highest BCUT2D eigenvalue weighted by Gasteiger charge is 2.41. The molecule has 15 heteroatoms. The molecule has 14 nitrogen and oxygen atoms in total. The maximum Gasteiger partial charge on any atom is 0.420 e. The van der Waals surface area contributed by atoms with Gasteiger partial charge in [0.05, 0.1) is 28.5 Å². The number of hydrogen-bond acceptors (Lipinski definition) is 12. The minimum absolute atomic E-state index is 0.0188. The van der Waals surface area contributed by atoms with Gasteiger partial charge in [-0.15, -0.1) is 0 Å². The SMILES string of the molecule is Cc1nc(C2CCN(C3CN(C(=O)OC(C)(C)C)C3)CC2)cc2c1OC(C)c1c(N3CCS(=O)(=O)CC3)ncnc1N2C(=O)OC(C)(C)C. The fraction of sp³-hybridized carbons (Fsp3) is 0.676. The molecule has 2 amide bonds. The summed E-state index contributed by atoms with van der Waals surface area (Å²) >= 11 is 0. The summed E-state index contributed by atoms with van der Waals surface area (Å²) in [5.74, 6) is 1.52. The molecule has 0 aliphatic carbocycles. The number of nitrogens with zero attached hydrogens (tertiary/aromatic N) is 7. The molecule has 0 N–H and O–H groups in total. The van der Waals surface area contributed by atoms with Crippen LogP contribution in [0.1, 0.15) is 90.3 Å². The number of carbonyl (C=O) groups excluding carboxylic acids is 2. The van der Waals surface area contributed by atoms with E-state index in [0.29, 0.717) is 53.5 Å². The number of sulfone groups is 1. The first-order chi connectivity index (χ1) is 22.9. The lowest BCUT2D eigenvalue weighted by atomic mass is 9.90. The first kappa shape index (κ1) is 35.1. The molecule has 2 aromatic heterocycles. The van der Waals surface area contributed by atoms with Gasteiger partial charge >= 0.3 is 12.2 Å². The molecule has 0 bridgehead atoms. The lowest BCUT2D eigenvalue weighted by molar-refractivity contribution is -0.0197. The highest BCUT2D eigenvalue weighted by molar-refractivity contribution is 7.91. The summed E-state index contributed by atoms with van der Waals surface area (Å²) < 4.78 is 42.5. The van der Waals surface area contributed by atoms with E-state index in [9.17, 15) is 18.0 Å². The Morgan fingerprint density at radius 1 is 0.898 bits per heavy atom. The van der Waals surface area contributed by atoms with Crippen molar-refractivity contribution >= 4 is 39.3 Å². The van der Waals surface area contributed by atoms with Gasteiger partial charge in [-0.25, -0.2) is 32.9 Å². The Labute approximate surface area is 289 Å². The molecule has 1 atom stereocenters. The Bertz CT molecular complexity index is 1690. The van der Waals surface area contributed by atoms with Gasteiger partial charge in [0.2, 0.25) is 0 Å². The minimum Gasteiger partial charge on any atom is -0.482 e. The van der Waals surface area contributed by atoms with Crippen LogP contribution in [-0.2, 0) is 19.3 Å². The van der Waals surface area contributed by atoms with E-state index in [4.69, 9.17) is 19.2 Å². The van der Waals surface area contributed by atoms with Gasteiger partial charge < -0.3 is 24.0 Å². The second-order valence-corrected chi connectivity index (χ2v) is 17.8. The second-order valence-electron chi connectivity index (χ2n) is 15.5. The van der Waals surface area contributed by atoms with Gasteiger partial charge in [0.15, 0.2) is 21.4 Å². The molecule has 4 aliphatic heterocycles. The summed E-state index contributed by atoms with van der Waals surface area (Å²) in [6.45, 7) is 18.4. The first-order valence-corrected chi connectivity index (χ1v) is 18.9. The molecule has 4 aliphatic rings. The predicted octanol–water partition coefficient (Wildman–Crippen LogP) is 4.74. The van der Waals surface area contributed by atoms with E-state index < -0.39 is 33.2 Å². The van der Waals surface area contributed by atoms with Crippen molar-refractivity contribution in [1.82, 2.24) is 24.8 Å². The van der Waals surface area contributed by atoms with Gasteiger partial charge in [0.25, 0.3) is 0 Å². The molecule has 3 saturated heterocycles. The van der Waals surface area contributed by atoms with E-state index in [-0.39, 0.29) is 36.6 Å². The molecule has 1 unspecified atom stereocenters. The number of anilines is 3. The molecule has 0 aromatic carbocycles. The zero-order valence-corrected chi connectivity index (χ0v) is 30.7. The van der Waals surface area contributed by atoms with Gasteiger partial charge in [-0.1, -0.05) is 0 Å². The van der Waals surface area contributed by atoms with Crippen molar-refractivity contribution in [1.29, 1.82) is 0 Å². The average Bonchev–Trinajstić information content (AvgIpc) is 3.09. The van der Waals surface area contributed by atoms with Crippen LogP contribution in [0, 0.1) is 6.92 Å². The molecule has 0 spiro atoms. The van der Waals surface area contributed by atoms with Crippen molar-refractivity contribution in [3.05, 3.63) is 29.3 Å². The van der Waals surface area contributed by atoms with E-state index in [2.05, 4.69) is 14.9 Å². The van der Waals surface area contributed by atoms with Crippen LogP contribution in [0.5, 0.6) is 5.75 Å². The molecule has 6 heterocycles. The third-order valence-electron chi connectivity index (χ3n) is 9.34. The Morgan fingerprint density at radius 3 is 2.10 bits per heavy atom.